The molecule has 244 valence electrons. The summed E-state index contributed by atoms with van der Waals surface area (Å²) >= 11 is 0. The number of ether oxygens (including phenoxy) is 2. The van der Waals surface area contributed by atoms with Crippen LogP contribution in [-0.4, -0.2) is 6.71 Å². The van der Waals surface area contributed by atoms with E-state index in [1.807, 2.05) is 30.3 Å². The average molecular weight is 669 g/mol. The average Bonchev–Trinajstić information content (AvgIpc) is 3.72. The van der Waals surface area contributed by atoms with Crippen molar-refractivity contribution in [3.8, 4) is 56.6 Å². The standard InChI is InChI=1S/C47H29BO4/c1-2-5-13-29(12-4-1)43-26-33-24-31(20-22-39(33)49-43)35-28-36(32-21-23-40-34(25-32)27-44(50-40)30-14-6-3-7-15-30)47-45-46(35)51-41-18-10-8-16-37(41)48(45)38-17-9-11-19-42(38)52-47/h1-4,6-28H,5H2. The number of rotatable bonds is 4. The van der Waals surface area contributed by atoms with E-state index in [0.717, 1.165) is 113 Å². The summed E-state index contributed by atoms with van der Waals surface area (Å²) in [4.78, 5) is 0. The van der Waals surface area contributed by atoms with Crippen LogP contribution in [-0.2, 0) is 0 Å². The molecule has 0 radical (unpaired) electrons. The molecular formula is C47H29BO4. The minimum absolute atomic E-state index is 0.0623. The van der Waals surface area contributed by atoms with E-state index in [4.69, 9.17) is 18.3 Å². The fourth-order valence-electron chi connectivity index (χ4n) is 7.97. The van der Waals surface area contributed by atoms with Crippen molar-refractivity contribution in [1.29, 1.82) is 0 Å². The molecule has 0 amide bonds. The summed E-state index contributed by atoms with van der Waals surface area (Å²) in [6.07, 6.45) is 11.4. The summed E-state index contributed by atoms with van der Waals surface area (Å²) in [5.41, 5.74) is 11.2. The Morgan fingerprint density at radius 1 is 0.500 bits per heavy atom. The highest BCUT2D eigenvalue weighted by atomic mass is 16.5. The first-order valence-electron chi connectivity index (χ1n) is 17.7. The molecule has 4 nitrogen and oxygen atoms in total. The maximum Gasteiger partial charge on any atom is 0.260 e. The summed E-state index contributed by atoms with van der Waals surface area (Å²) in [5, 5.41) is 2.06. The molecule has 1 aliphatic carbocycles. The van der Waals surface area contributed by atoms with E-state index in [-0.39, 0.29) is 6.71 Å². The molecule has 0 atom stereocenters. The SMILES string of the molecule is C1=CCC=C(c2cc3cc(-c4cc(-c5ccc6oc(-c7ccccc7)cc6c5)c5c6c4Oc4ccccc4B6c4ccccc4O5)ccc3o2)C=C1. The third-order valence-electron chi connectivity index (χ3n) is 10.4. The van der Waals surface area contributed by atoms with Crippen molar-refractivity contribution >= 4 is 50.6 Å². The molecule has 0 unspecified atom stereocenters. The van der Waals surface area contributed by atoms with Crippen LogP contribution in [0.5, 0.6) is 23.0 Å². The van der Waals surface area contributed by atoms with Crippen LogP contribution in [0.1, 0.15) is 12.2 Å². The van der Waals surface area contributed by atoms with Gasteiger partial charge in [0.1, 0.15) is 45.7 Å². The Morgan fingerprint density at radius 3 is 1.77 bits per heavy atom. The number of allylic oxidation sites excluding steroid dienone is 6. The van der Waals surface area contributed by atoms with Gasteiger partial charge in [0.2, 0.25) is 0 Å². The van der Waals surface area contributed by atoms with Gasteiger partial charge < -0.3 is 18.3 Å². The molecule has 4 heterocycles. The van der Waals surface area contributed by atoms with E-state index in [2.05, 4.69) is 134 Å². The second kappa shape index (κ2) is 11.4. The molecule has 0 bridgehead atoms. The Kier molecular flexibility index (Phi) is 6.37. The van der Waals surface area contributed by atoms with E-state index >= 15 is 0 Å². The molecule has 2 aliphatic heterocycles. The highest BCUT2D eigenvalue weighted by Gasteiger charge is 2.42. The summed E-state index contributed by atoms with van der Waals surface area (Å²) in [6.45, 7) is -0.0623. The lowest BCUT2D eigenvalue weighted by Gasteiger charge is -2.35. The van der Waals surface area contributed by atoms with Crippen molar-refractivity contribution in [3.05, 3.63) is 170 Å². The molecule has 3 aliphatic rings. The maximum atomic E-state index is 6.92. The molecule has 2 aromatic heterocycles. The summed E-state index contributed by atoms with van der Waals surface area (Å²) in [7, 11) is 0. The lowest BCUT2D eigenvalue weighted by atomic mass is 9.34. The third-order valence-corrected chi connectivity index (χ3v) is 10.4. The highest BCUT2D eigenvalue weighted by Crippen LogP contribution is 2.47. The number of furan rings is 2. The molecule has 0 fully saturated rings. The van der Waals surface area contributed by atoms with Gasteiger partial charge in [-0.15, -0.1) is 0 Å². The zero-order valence-electron chi connectivity index (χ0n) is 28.0. The molecule has 11 rings (SSSR count). The van der Waals surface area contributed by atoms with E-state index in [9.17, 15) is 0 Å². The van der Waals surface area contributed by atoms with Gasteiger partial charge in [0.15, 0.2) is 0 Å². The minimum Gasteiger partial charge on any atom is -0.458 e. The molecule has 52 heavy (non-hydrogen) atoms. The van der Waals surface area contributed by atoms with Gasteiger partial charge in [-0.3, -0.25) is 0 Å². The third kappa shape index (κ3) is 4.56. The Labute approximate surface area is 300 Å². The summed E-state index contributed by atoms with van der Waals surface area (Å²) in [6, 6.07) is 46.3. The van der Waals surface area contributed by atoms with Gasteiger partial charge in [0.25, 0.3) is 6.71 Å². The predicted molar refractivity (Wildman–Crippen MR) is 211 cm³/mol. The van der Waals surface area contributed by atoms with Gasteiger partial charge in [-0.2, -0.15) is 0 Å². The van der Waals surface area contributed by atoms with Crippen molar-refractivity contribution in [2.24, 2.45) is 0 Å². The van der Waals surface area contributed by atoms with Gasteiger partial charge in [-0.05, 0) is 83.1 Å². The smallest absolute Gasteiger partial charge is 0.260 e. The fourth-order valence-corrected chi connectivity index (χ4v) is 7.97. The molecule has 8 aromatic rings. The lowest BCUT2D eigenvalue weighted by Crippen LogP contribution is -2.57. The van der Waals surface area contributed by atoms with Crippen LogP contribution >= 0.6 is 0 Å². The van der Waals surface area contributed by atoms with Crippen molar-refractivity contribution in [2.45, 2.75) is 6.42 Å². The first kappa shape index (κ1) is 29.1. The van der Waals surface area contributed by atoms with Crippen molar-refractivity contribution in [1.82, 2.24) is 0 Å². The van der Waals surface area contributed by atoms with Crippen LogP contribution in [0, 0.1) is 0 Å². The van der Waals surface area contributed by atoms with Crippen molar-refractivity contribution < 1.29 is 18.3 Å². The Balaban J connectivity index is 1.14. The summed E-state index contributed by atoms with van der Waals surface area (Å²) < 4.78 is 26.5. The molecule has 0 saturated heterocycles. The van der Waals surface area contributed by atoms with Gasteiger partial charge in [0, 0.05) is 38.5 Å². The van der Waals surface area contributed by atoms with Crippen molar-refractivity contribution in [2.75, 3.05) is 0 Å². The summed E-state index contributed by atoms with van der Waals surface area (Å²) in [5.74, 6) is 5.05. The Morgan fingerprint density at radius 2 is 1.10 bits per heavy atom. The molecular weight excluding hydrogens is 639 g/mol. The van der Waals surface area contributed by atoms with Gasteiger partial charge in [-0.25, -0.2) is 0 Å². The van der Waals surface area contributed by atoms with E-state index in [1.54, 1.807) is 0 Å². The molecule has 0 spiro atoms. The van der Waals surface area contributed by atoms with E-state index in [0.29, 0.717) is 0 Å². The zero-order valence-corrected chi connectivity index (χ0v) is 28.0. The van der Waals surface area contributed by atoms with E-state index in [1.165, 1.54) is 0 Å². The number of fused-ring (bicyclic) bond motifs is 6. The fraction of sp³-hybridized carbons (Fsp3) is 0.0213. The zero-order chi connectivity index (χ0) is 34.2. The Hall–Kier alpha value is -6.72. The van der Waals surface area contributed by atoms with Crippen molar-refractivity contribution in [3.63, 3.8) is 0 Å². The van der Waals surface area contributed by atoms with Crippen LogP contribution in [0.15, 0.2) is 173 Å². The van der Waals surface area contributed by atoms with Crippen LogP contribution in [0.3, 0.4) is 0 Å². The van der Waals surface area contributed by atoms with Crippen LogP contribution in [0.2, 0.25) is 0 Å². The van der Waals surface area contributed by atoms with Crippen LogP contribution in [0.4, 0.5) is 0 Å². The van der Waals surface area contributed by atoms with Gasteiger partial charge >= 0.3 is 0 Å². The quantitative estimate of drug-likeness (QED) is 0.175. The maximum absolute atomic E-state index is 6.92. The second-order valence-corrected chi connectivity index (χ2v) is 13.5. The predicted octanol–water partition coefficient (Wildman–Crippen LogP) is 10.8. The van der Waals surface area contributed by atoms with Crippen LogP contribution < -0.4 is 25.9 Å². The number of para-hydroxylation sites is 2. The molecule has 0 saturated carbocycles. The van der Waals surface area contributed by atoms with Gasteiger partial charge in [-0.1, -0.05) is 109 Å². The topological polar surface area (TPSA) is 44.7 Å². The molecule has 0 N–H and O–H groups in total. The molecule has 5 heteroatoms. The van der Waals surface area contributed by atoms with Gasteiger partial charge in [0.05, 0.1) is 0 Å². The first-order valence-corrected chi connectivity index (χ1v) is 17.7. The first-order chi connectivity index (χ1) is 25.7. The normalized spacial score (nSPS) is 13.9. The highest BCUT2D eigenvalue weighted by molar-refractivity contribution is 6.98. The second-order valence-electron chi connectivity index (χ2n) is 13.5. The monoisotopic (exact) mass is 668 g/mol. The minimum atomic E-state index is -0.0623. The number of hydrogen-bond donors (Lipinski definition) is 0. The Bertz CT molecular complexity index is 2820. The van der Waals surface area contributed by atoms with E-state index < -0.39 is 0 Å². The number of hydrogen-bond acceptors (Lipinski definition) is 4. The largest absolute Gasteiger partial charge is 0.458 e. The lowest BCUT2D eigenvalue weighted by molar-refractivity contribution is 0.467. The van der Waals surface area contributed by atoms with Crippen LogP contribution in [0.25, 0.3) is 61.1 Å². The number of benzene rings is 6. The molecule has 6 aromatic carbocycles.